The summed E-state index contributed by atoms with van der Waals surface area (Å²) in [5.41, 5.74) is 1.08. The van der Waals surface area contributed by atoms with E-state index in [9.17, 15) is 9.59 Å². The molecular weight excluding hydrogens is 390 g/mol. The van der Waals surface area contributed by atoms with Crippen LogP contribution in [0.4, 0.5) is 0 Å². The molecule has 0 saturated carbocycles. The molecule has 0 atom stereocenters. The number of aromatic nitrogens is 3. The second-order valence-corrected chi connectivity index (χ2v) is 8.39. The Kier molecular flexibility index (Phi) is 6.35. The maximum atomic E-state index is 12.8. The summed E-state index contributed by atoms with van der Waals surface area (Å²) in [6.07, 6.45) is 4.93. The Balaban J connectivity index is 1.35. The monoisotopic (exact) mass is 417 g/mol. The Morgan fingerprint density at radius 2 is 1.79 bits per heavy atom. The fourth-order valence-corrected chi connectivity index (χ4v) is 4.31. The highest BCUT2D eigenvalue weighted by atomic mass is 35.5. The fourth-order valence-electron chi connectivity index (χ4n) is 4.18. The van der Waals surface area contributed by atoms with Gasteiger partial charge < -0.3 is 4.90 Å². The molecule has 2 aromatic rings. The minimum absolute atomic E-state index is 0.0197. The molecule has 0 N–H and O–H groups in total. The molecule has 2 aliphatic heterocycles. The first-order valence-corrected chi connectivity index (χ1v) is 10.9. The van der Waals surface area contributed by atoms with Gasteiger partial charge in [0.05, 0.1) is 0 Å². The lowest BCUT2D eigenvalue weighted by atomic mass is 10.2. The Hall–Kier alpha value is -2.12. The van der Waals surface area contributed by atoms with Gasteiger partial charge in [0.15, 0.2) is 0 Å². The number of fused-ring (bicyclic) bond motifs is 1. The molecule has 0 bridgehead atoms. The number of rotatable bonds is 4. The summed E-state index contributed by atoms with van der Waals surface area (Å²) in [4.78, 5) is 29.7. The van der Waals surface area contributed by atoms with Crippen molar-refractivity contribution in [1.29, 1.82) is 0 Å². The van der Waals surface area contributed by atoms with E-state index < -0.39 is 0 Å². The van der Waals surface area contributed by atoms with E-state index in [0.717, 1.165) is 69.1 Å². The summed E-state index contributed by atoms with van der Waals surface area (Å²) < 4.78 is 3.11. The quantitative estimate of drug-likeness (QED) is 0.764. The summed E-state index contributed by atoms with van der Waals surface area (Å²) in [6, 6.07) is 7.92. The van der Waals surface area contributed by atoms with Crippen molar-refractivity contribution in [3.8, 4) is 0 Å². The predicted octanol–water partition coefficient (Wildman–Crippen LogP) is 2.16. The Bertz CT molecular complexity index is 905. The van der Waals surface area contributed by atoms with Crippen LogP contribution < -0.4 is 5.69 Å². The van der Waals surface area contributed by atoms with E-state index in [1.54, 1.807) is 4.57 Å². The Morgan fingerprint density at radius 3 is 2.62 bits per heavy atom. The van der Waals surface area contributed by atoms with Crippen LogP contribution in [-0.4, -0.2) is 56.2 Å². The van der Waals surface area contributed by atoms with Crippen LogP contribution in [0.5, 0.6) is 0 Å². The van der Waals surface area contributed by atoms with Gasteiger partial charge in [0, 0.05) is 50.7 Å². The molecule has 156 valence electrons. The highest BCUT2D eigenvalue weighted by molar-refractivity contribution is 6.30. The molecule has 1 fully saturated rings. The molecule has 1 saturated heterocycles. The van der Waals surface area contributed by atoms with Gasteiger partial charge in [-0.3, -0.25) is 14.3 Å². The van der Waals surface area contributed by atoms with Crippen molar-refractivity contribution in [2.75, 3.05) is 26.2 Å². The minimum atomic E-state index is -0.144. The number of nitrogens with zero attached hydrogens (tertiary/aromatic N) is 5. The molecule has 3 heterocycles. The molecule has 1 aromatic heterocycles. The average Bonchev–Trinajstić information content (AvgIpc) is 2.95. The van der Waals surface area contributed by atoms with Crippen LogP contribution in [0.3, 0.4) is 0 Å². The van der Waals surface area contributed by atoms with Gasteiger partial charge in [0.1, 0.15) is 12.4 Å². The van der Waals surface area contributed by atoms with Crippen LogP contribution >= 0.6 is 11.6 Å². The number of hydrogen-bond donors (Lipinski definition) is 0. The number of halogens is 1. The molecule has 7 nitrogen and oxygen atoms in total. The van der Waals surface area contributed by atoms with Crippen LogP contribution in [0.1, 0.15) is 37.1 Å². The third-order valence-electron chi connectivity index (χ3n) is 5.83. The highest BCUT2D eigenvalue weighted by Gasteiger charge is 2.22. The zero-order valence-corrected chi connectivity index (χ0v) is 17.5. The number of amides is 1. The van der Waals surface area contributed by atoms with Crippen LogP contribution in [0.2, 0.25) is 5.02 Å². The average molecular weight is 418 g/mol. The maximum Gasteiger partial charge on any atom is 0.346 e. The number of hydrogen-bond acceptors (Lipinski definition) is 4. The number of benzene rings is 1. The van der Waals surface area contributed by atoms with Gasteiger partial charge in [-0.25, -0.2) is 9.48 Å². The van der Waals surface area contributed by atoms with Crippen molar-refractivity contribution < 1.29 is 4.79 Å². The molecule has 0 radical (unpaired) electrons. The molecule has 8 heteroatoms. The molecule has 2 aliphatic rings. The van der Waals surface area contributed by atoms with E-state index >= 15 is 0 Å². The van der Waals surface area contributed by atoms with Gasteiger partial charge in [-0.15, -0.1) is 0 Å². The van der Waals surface area contributed by atoms with Gasteiger partial charge in [-0.1, -0.05) is 30.2 Å². The lowest BCUT2D eigenvalue weighted by Crippen LogP contribution is -2.39. The van der Waals surface area contributed by atoms with E-state index in [1.807, 2.05) is 29.2 Å². The number of aryl methyl sites for hydroxylation is 1. The molecule has 0 unspecified atom stereocenters. The lowest BCUT2D eigenvalue weighted by Gasteiger charge is -2.22. The zero-order valence-electron chi connectivity index (χ0n) is 16.7. The third kappa shape index (κ3) is 4.90. The standard InChI is InChI=1S/C21H28ClN5O2/c22-18-8-6-17(7-9-18)15-24-10-4-11-25(14-13-24)20(28)16-27-21(29)26-12-3-1-2-5-19(26)23-27/h6-9H,1-5,10-16H2. The fraction of sp³-hybridized carbons (Fsp3) is 0.571. The first kappa shape index (κ1) is 20.2. The normalized spacial score (nSPS) is 18.2. The lowest BCUT2D eigenvalue weighted by molar-refractivity contribution is -0.132. The van der Waals surface area contributed by atoms with E-state index in [1.165, 1.54) is 10.2 Å². The summed E-state index contributed by atoms with van der Waals surface area (Å²) in [5.74, 6) is 0.805. The first-order valence-electron chi connectivity index (χ1n) is 10.5. The van der Waals surface area contributed by atoms with Gasteiger partial charge in [-0.2, -0.15) is 5.10 Å². The van der Waals surface area contributed by atoms with E-state index in [-0.39, 0.29) is 18.1 Å². The SMILES string of the molecule is O=C(Cn1nc2n(c1=O)CCCCC2)N1CCCN(Cc2ccc(Cl)cc2)CC1. The van der Waals surface area contributed by atoms with Gasteiger partial charge in [0.2, 0.25) is 5.91 Å². The van der Waals surface area contributed by atoms with Gasteiger partial charge in [0.25, 0.3) is 0 Å². The number of carbonyl (C=O) groups is 1. The summed E-state index contributed by atoms with van der Waals surface area (Å²) in [6.45, 7) is 4.77. The zero-order chi connectivity index (χ0) is 20.2. The highest BCUT2D eigenvalue weighted by Crippen LogP contribution is 2.14. The summed E-state index contributed by atoms with van der Waals surface area (Å²) in [5, 5.41) is 5.19. The molecular formula is C21H28ClN5O2. The predicted molar refractivity (Wildman–Crippen MR) is 112 cm³/mol. The largest absolute Gasteiger partial charge is 0.346 e. The van der Waals surface area contributed by atoms with Gasteiger partial charge >= 0.3 is 5.69 Å². The maximum absolute atomic E-state index is 12.8. The van der Waals surface area contributed by atoms with Gasteiger partial charge in [-0.05, 0) is 37.0 Å². The Labute approximate surface area is 175 Å². The molecule has 1 amide bonds. The number of carbonyl (C=O) groups excluding carboxylic acids is 1. The second kappa shape index (κ2) is 9.13. The molecule has 0 aliphatic carbocycles. The topological polar surface area (TPSA) is 63.4 Å². The third-order valence-corrected chi connectivity index (χ3v) is 6.08. The van der Waals surface area contributed by atoms with Crippen molar-refractivity contribution in [1.82, 2.24) is 24.1 Å². The van der Waals surface area contributed by atoms with Crippen molar-refractivity contribution in [2.45, 2.75) is 51.7 Å². The Morgan fingerprint density at radius 1 is 0.966 bits per heavy atom. The van der Waals surface area contributed by atoms with Crippen LogP contribution in [0.25, 0.3) is 0 Å². The molecule has 4 rings (SSSR count). The molecule has 1 aromatic carbocycles. The van der Waals surface area contributed by atoms with Crippen LogP contribution in [0, 0.1) is 0 Å². The molecule has 0 spiro atoms. The molecule has 29 heavy (non-hydrogen) atoms. The van der Waals surface area contributed by atoms with Crippen molar-refractivity contribution in [3.63, 3.8) is 0 Å². The summed E-state index contributed by atoms with van der Waals surface area (Å²) >= 11 is 5.96. The second-order valence-electron chi connectivity index (χ2n) is 7.96. The van der Waals surface area contributed by atoms with Crippen LogP contribution in [-0.2, 0) is 30.8 Å². The van der Waals surface area contributed by atoms with E-state index in [2.05, 4.69) is 10.00 Å². The minimum Gasteiger partial charge on any atom is -0.340 e. The first-order chi connectivity index (χ1) is 14.1. The smallest absolute Gasteiger partial charge is 0.340 e. The van der Waals surface area contributed by atoms with Crippen molar-refractivity contribution in [3.05, 3.63) is 51.2 Å². The van der Waals surface area contributed by atoms with Crippen LogP contribution in [0.15, 0.2) is 29.1 Å². The van der Waals surface area contributed by atoms with Crippen molar-refractivity contribution in [2.24, 2.45) is 0 Å². The summed E-state index contributed by atoms with van der Waals surface area (Å²) in [7, 11) is 0. The van der Waals surface area contributed by atoms with Crippen molar-refractivity contribution >= 4 is 17.5 Å². The van der Waals surface area contributed by atoms with E-state index in [4.69, 9.17) is 11.6 Å². The van der Waals surface area contributed by atoms with E-state index in [0.29, 0.717) is 13.1 Å².